The summed E-state index contributed by atoms with van der Waals surface area (Å²) in [6.07, 6.45) is 3.35. The second-order valence-corrected chi connectivity index (χ2v) is 5.66. The van der Waals surface area contributed by atoms with Crippen LogP contribution in [0, 0.1) is 11.6 Å². The molecular weight excluding hydrogens is 326 g/mol. The summed E-state index contributed by atoms with van der Waals surface area (Å²) in [5, 5.41) is 8.78. The minimum Gasteiger partial charge on any atom is -0.493 e. The summed E-state index contributed by atoms with van der Waals surface area (Å²) in [6.45, 7) is 2.52. The molecule has 0 aliphatic rings. The van der Waals surface area contributed by atoms with E-state index in [-0.39, 0.29) is 30.3 Å². The van der Waals surface area contributed by atoms with Gasteiger partial charge in [-0.15, -0.1) is 0 Å². The standard InChI is InChI=1S/C20H24F2O3/c1-2-24-17-14-16(25-13-9-4-3-8-12-23)18(20(22)19(17)21)15-10-6-5-7-11-15/h5-7,10-11,14,23H,2-4,8-9,12-13H2,1H3. The molecule has 0 amide bonds. The van der Waals surface area contributed by atoms with E-state index in [1.54, 1.807) is 31.2 Å². The number of aliphatic hydroxyl groups is 1. The number of benzene rings is 2. The van der Waals surface area contributed by atoms with Crippen LogP contribution in [0.25, 0.3) is 11.1 Å². The van der Waals surface area contributed by atoms with Crippen LogP contribution in [-0.4, -0.2) is 24.9 Å². The molecule has 3 nitrogen and oxygen atoms in total. The smallest absolute Gasteiger partial charge is 0.201 e. The lowest BCUT2D eigenvalue weighted by Gasteiger charge is -2.16. The normalized spacial score (nSPS) is 10.7. The molecule has 0 aromatic heterocycles. The number of ether oxygens (including phenoxy) is 2. The molecule has 2 aromatic carbocycles. The van der Waals surface area contributed by atoms with Crippen molar-refractivity contribution >= 4 is 0 Å². The molecule has 0 aliphatic heterocycles. The monoisotopic (exact) mass is 350 g/mol. The molecular formula is C20H24F2O3. The maximum atomic E-state index is 14.6. The fourth-order valence-corrected chi connectivity index (χ4v) is 2.58. The van der Waals surface area contributed by atoms with Crippen molar-refractivity contribution < 1.29 is 23.4 Å². The first-order valence-electron chi connectivity index (χ1n) is 8.62. The maximum absolute atomic E-state index is 14.6. The number of hydrogen-bond acceptors (Lipinski definition) is 3. The highest BCUT2D eigenvalue weighted by atomic mass is 19.2. The summed E-state index contributed by atoms with van der Waals surface area (Å²) in [5.41, 5.74) is 0.661. The van der Waals surface area contributed by atoms with E-state index in [0.29, 0.717) is 12.2 Å². The highest BCUT2D eigenvalue weighted by Gasteiger charge is 2.21. The van der Waals surface area contributed by atoms with E-state index in [9.17, 15) is 8.78 Å². The topological polar surface area (TPSA) is 38.7 Å². The summed E-state index contributed by atoms with van der Waals surface area (Å²) in [5.74, 6) is -1.84. The number of hydrogen-bond donors (Lipinski definition) is 1. The summed E-state index contributed by atoms with van der Waals surface area (Å²) in [7, 11) is 0. The van der Waals surface area contributed by atoms with E-state index in [1.165, 1.54) is 6.07 Å². The first-order valence-corrected chi connectivity index (χ1v) is 8.62. The van der Waals surface area contributed by atoms with Crippen LogP contribution in [-0.2, 0) is 0 Å². The lowest BCUT2D eigenvalue weighted by molar-refractivity contribution is 0.271. The van der Waals surface area contributed by atoms with Gasteiger partial charge in [0.25, 0.3) is 0 Å². The van der Waals surface area contributed by atoms with Crippen molar-refractivity contribution in [2.75, 3.05) is 19.8 Å². The third-order valence-electron chi connectivity index (χ3n) is 3.81. The molecule has 0 radical (unpaired) electrons. The van der Waals surface area contributed by atoms with Crippen molar-refractivity contribution in [3.8, 4) is 22.6 Å². The number of unbranched alkanes of at least 4 members (excludes halogenated alkanes) is 3. The molecule has 0 bridgehead atoms. The molecule has 0 atom stereocenters. The van der Waals surface area contributed by atoms with Gasteiger partial charge in [-0.2, -0.15) is 4.39 Å². The second-order valence-electron chi connectivity index (χ2n) is 5.66. The zero-order valence-electron chi connectivity index (χ0n) is 14.4. The molecule has 136 valence electrons. The maximum Gasteiger partial charge on any atom is 0.201 e. The van der Waals surface area contributed by atoms with Crippen molar-refractivity contribution in [2.24, 2.45) is 0 Å². The van der Waals surface area contributed by atoms with Crippen LogP contribution in [0.3, 0.4) is 0 Å². The van der Waals surface area contributed by atoms with Crippen molar-refractivity contribution in [3.63, 3.8) is 0 Å². The van der Waals surface area contributed by atoms with Crippen LogP contribution in [0.1, 0.15) is 32.6 Å². The van der Waals surface area contributed by atoms with E-state index >= 15 is 0 Å². The lowest BCUT2D eigenvalue weighted by Crippen LogP contribution is -2.04. The fraction of sp³-hybridized carbons (Fsp3) is 0.400. The molecule has 2 aromatic rings. The lowest BCUT2D eigenvalue weighted by atomic mass is 10.0. The van der Waals surface area contributed by atoms with Crippen molar-refractivity contribution in [3.05, 3.63) is 48.0 Å². The Balaban J connectivity index is 2.25. The second kappa shape index (κ2) is 9.99. The van der Waals surface area contributed by atoms with Gasteiger partial charge >= 0.3 is 0 Å². The molecule has 0 unspecified atom stereocenters. The summed E-state index contributed by atoms with van der Waals surface area (Å²) in [4.78, 5) is 0. The van der Waals surface area contributed by atoms with Crippen LogP contribution in [0.15, 0.2) is 36.4 Å². The van der Waals surface area contributed by atoms with Gasteiger partial charge in [0.1, 0.15) is 5.75 Å². The predicted molar refractivity (Wildman–Crippen MR) is 94.0 cm³/mol. The number of aliphatic hydroxyl groups excluding tert-OH is 1. The first-order chi connectivity index (χ1) is 12.2. The molecule has 0 spiro atoms. The minimum absolute atomic E-state index is 0.108. The number of halogens is 2. The van der Waals surface area contributed by atoms with Gasteiger partial charge in [0.15, 0.2) is 11.6 Å². The Morgan fingerprint density at radius 3 is 2.28 bits per heavy atom. The zero-order chi connectivity index (χ0) is 18.1. The Bertz CT molecular complexity index is 660. The molecule has 2 rings (SSSR count). The summed E-state index contributed by atoms with van der Waals surface area (Å²) < 4.78 is 39.8. The predicted octanol–water partition coefficient (Wildman–Crippen LogP) is 4.96. The molecule has 0 heterocycles. The van der Waals surface area contributed by atoms with E-state index in [0.717, 1.165) is 25.7 Å². The third kappa shape index (κ3) is 5.16. The Hall–Kier alpha value is -2.14. The first kappa shape index (κ1) is 19.2. The van der Waals surface area contributed by atoms with Crippen LogP contribution < -0.4 is 9.47 Å². The molecule has 0 fully saturated rings. The van der Waals surface area contributed by atoms with Crippen molar-refractivity contribution in [1.82, 2.24) is 0 Å². The summed E-state index contributed by atoms with van der Waals surface area (Å²) >= 11 is 0. The van der Waals surface area contributed by atoms with Gasteiger partial charge in [-0.3, -0.25) is 0 Å². The van der Waals surface area contributed by atoms with Gasteiger partial charge in [0, 0.05) is 12.7 Å². The quantitative estimate of drug-likeness (QED) is 0.616. The van der Waals surface area contributed by atoms with Crippen LogP contribution in [0.4, 0.5) is 8.78 Å². The molecule has 0 aliphatic carbocycles. The van der Waals surface area contributed by atoms with Gasteiger partial charge in [-0.1, -0.05) is 36.8 Å². The van der Waals surface area contributed by atoms with Gasteiger partial charge < -0.3 is 14.6 Å². The molecule has 25 heavy (non-hydrogen) atoms. The largest absolute Gasteiger partial charge is 0.493 e. The van der Waals surface area contributed by atoms with E-state index in [1.807, 2.05) is 6.07 Å². The van der Waals surface area contributed by atoms with E-state index in [4.69, 9.17) is 14.6 Å². The Morgan fingerprint density at radius 2 is 1.60 bits per heavy atom. The average Bonchev–Trinajstić information content (AvgIpc) is 2.63. The molecule has 0 saturated heterocycles. The van der Waals surface area contributed by atoms with Crippen molar-refractivity contribution in [1.29, 1.82) is 0 Å². The van der Waals surface area contributed by atoms with Gasteiger partial charge in [-0.05, 0) is 31.7 Å². The van der Waals surface area contributed by atoms with Gasteiger partial charge in [0.05, 0.1) is 18.8 Å². The third-order valence-corrected chi connectivity index (χ3v) is 3.81. The van der Waals surface area contributed by atoms with Gasteiger partial charge in [0.2, 0.25) is 5.82 Å². The van der Waals surface area contributed by atoms with Crippen molar-refractivity contribution in [2.45, 2.75) is 32.6 Å². The van der Waals surface area contributed by atoms with E-state index < -0.39 is 11.6 Å². The van der Waals surface area contributed by atoms with Crippen LogP contribution >= 0.6 is 0 Å². The highest BCUT2D eigenvalue weighted by molar-refractivity contribution is 5.72. The minimum atomic E-state index is -1.00. The molecule has 1 N–H and O–H groups in total. The Labute approximate surface area is 147 Å². The van der Waals surface area contributed by atoms with Gasteiger partial charge in [-0.25, -0.2) is 4.39 Å². The fourth-order valence-electron chi connectivity index (χ4n) is 2.58. The van der Waals surface area contributed by atoms with E-state index in [2.05, 4.69) is 0 Å². The molecule has 5 heteroatoms. The Kier molecular flexibility index (Phi) is 7.67. The highest BCUT2D eigenvalue weighted by Crippen LogP contribution is 2.38. The van der Waals surface area contributed by atoms with Crippen LogP contribution in [0.5, 0.6) is 11.5 Å². The van der Waals surface area contributed by atoms with Crippen LogP contribution in [0.2, 0.25) is 0 Å². The average molecular weight is 350 g/mol. The Morgan fingerprint density at radius 1 is 0.880 bits per heavy atom. The SMILES string of the molecule is CCOc1cc(OCCCCCCO)c(-c2ccccc2)c(F)c1F. The number of rotatable bonds is 10. The molecule has 0 saturated carbocycles. The zero-order valence-corrected chi connectivity index (χ0v) is 14.4. The summed E-state index contributed by atoms with van der Waals surface area (Å²) in [6, 6.07) is 10.2.